The van der Waals surface area contributed by atoms with Crippen LogP contribution < -0.4 is 5.32 Å². The minimum absolute atomic E-state index is 0.107. The fraction of sp³-hybridized carbons (Fsp3) is 0.400. The van der Waals surface area contributed by atoms with E-state index in [4.69, 9.17) is 0 Å². The maximum Gasteiger partial charge on any atom is 0.224 e. The summed E-state index contributed by atoms with van der Waals surface area (Å²) >= 11 is 0. The lowest BCUT2D eigenvalue weighted by Gasteiger charge is -2.03. The fourth-order valence-electron chi connectivity index (χ4n) is 2.12. The van der Waals surface area contributed by atoms with Crippen molar-refractivity contribution in [2.75, 3.05) is 6.54 Å². The molecule has 0 aliphatic rings. The Hall–Kier alpha value is -1.77. The van der Waals surface area contributed by atoms with E-state index in [0.29, 0.717) is 6.42 Å². The van der Waals surface area contributed by atoms with Gasteiger partial charge in [0.1, 0.15) is 0 Å². The zero-order chi connectivity index (χ0) is 12.8. The van der Waals surface area contributed by atoms with Crippen LogP contribution in [0.15, 0.2) is 30.5 Å². The summed E-state index contributed by atoms with van der Waals surface area (Å²) in [6, 6.07) is 8.07. The monoisotopic (exact) mass is 244 g/mol. The third kappa shape index (κ3) is 3.13. The number of unbranched alkanes of at least 4 members (excludes halogenated alkanes) is 2. The highest BCUT2D eigenvalue weighted by atomic mass is 16.1. The van der Waals surface area contributed by atoms with Gasteiger partial charge in [0.25, 0.3) is 0 Å². The van der Waals surface area contributed by atoms with Crippen LogP contribution in [0.2, 0.25) is 0 Å². The predicted octanol–water partition coefficient (Wildman–Crippen LogP) is 3.02. The Kier molecular flexibility index (Phi) is 4.40. The Morgan fingerprint density at radius 1 is 1.28 bits per heavy atom. The van der Waals surface area contributed by atoms with Crippen molar-refractivity contribution in [3.05, 3.63) is 36.0 Å². The quantitative estimate of drug-likeness (QED) is 0.754. The molecule has 0 radical (unpaired) electrons. The van der Waals surface area contributed by atoms with Crippen molar-refractivity contribution in [2.24, 2.45) is 0 Å². The minimum atomic E-state index is 0.107. The molecule has 2 N–H and O–H groups in total. The van der Waals surface area contributed by atoms with Gasteiger partial charge in [0, 0.05) is 23.6 Å². The maximum absolute atomic E-state index is 11.8. The van der Waals surface area contributed by atoms with Gasteiger partial charge in [-0.05, 0) is 18.1 Å². The number of carbonyl (C=O) groups is 1. The number of amides is 1. The highest BCUT2D eigenvalue weighted by Crippen LogP contribution is 2.17. The molecule has 1 heterocycles. The van der Waals surface area contributed by atoms with E-state index in [1.54, 1.807) is 0 Å². The fourth-order valence-corrected chi connectivity index (χ4v) is 2.12. The summed E-state index contributed by atoms with van der Waals surface area (Å²) < 4.78 is 0. The molecule has 1 aromatic heterocycles. The molecule has 0 atom stereocenters. The first-order valence-electron chi connectivity index (χ1n) is 6.63. The molecule has 3 heteroatoms. The Morgan fingerprint density at radius 2 is 2.11 bits per heavy atom. The van der Waals surface area contributed by atoms with Gasteiger partial charge in [-0.1, -0.05) is 38.0 Å². The van der Waals surface area contributed by atoms with Crippen LogP contribution in [0.3, 0.4) is 0 Å². The van der Waals surface area contributed by atoms with Gasteiger partial charge in [0.05, 0.1) is 6.42 Å². The molecule has 0 bridgehead atoms. The molecule has 0 aliphatic carbocycles. The summed E-state index contributed by atoms with van der Waals surface area (Å²) in [7, 11) is 0. The molecule has 0 spiro atoms. The summed E-state index contributed by atoms with van der Waals surface area (Å²) in [4.78, 5) is 15.0. The number of rotatable bonds is 6. The van der Waals surface area contributed by atoms with Crippen LogP contribution >= 0.6 is 0 Å². The SMILES string of the molecule is CCCCCNC(=O)Cc1c[nH]c2ccccc12. The van der Waals surface area contributed by atoms with Gasteiger partial charge in [-0.15, -0.1) is 0 Å². The van der Waals surface area contributed by atoms with Crippen molar-refractivity contribution in [1.82, 2.24) is 10.3 Å². The molecule has 18 heavy (non-hydrogen) atoms. The lowest BCUT2D eigenvalue weighted by atomic mass is 10.1. The molecule has 2 aromatic rings. The number of benzene rings is 1. The second-order valence-electron chi connectivity index (χ2n) is 4.59. The van der Waals surface area contributed by atoms with Gasteiger partial charge in [0.2, 0.25) is 5.91 Å². The van der Waals surface area contributed by atoms with E-state index in [-0.39, 0.29) is 5.91 Å². The number of aromatic amines is 1. The number of carbonyl (C=O) groups excluding carboxylic acids is 1. The Labute approximate surface area is 108 Å². The highest BCUT2D eigenvalue weighted by Gasteiger charge is 2.07. The van der Waals surface area contributed by atoms with Crippen LogP contribution in [0.25, 0.3) is 10.9 Å². The average Bonchev–Trinajstić information content (AvgIpc) is 2.78. The van der Waals surface area contributed by atoms with Gasteiger partial charge in [-0.25, -0.2) is 0 Å². The standard InChI is InChI=1S/C15H20N2O/c1-2-3-6-9-16-15(18)10-12-11-17-14-8-5-4-7-13(12)14/h4-5,7-8,11,17H,2-3,6,9-10H2,1H3,(H,16,18). The second-order valence-corrected chi connectivity index (χ2v) is 4.59. The van der Waals surface area contributed by atoms with Gasteiger partial charge < -0.3 is 10.3 Å². The number of hydrogen-bond donors (Lipinski definition) is 2. The summed E-state index contributed by atoms with van der Waals surface area (Å²) in [6.45, 7) is 2.95. The zero-order valence-electron chi connectivity index (χ0n) is 10.8. The number of aromatic nitrogens is 1. The van der Waals surface area contributed by atoms with Crippen molar-refractivity contribution in [3.8, 4) is 0 Å². The molecule has 2 rings (SSSR count). The van der Waals surface area contributed by atoms with Gasteiger partial charge in [0.15, 0.2) is 0 Å². The third-order valence-electron chi connectivity index (χ3n) is 3.13. The molecular weight excluding hydrogens is 224 g/mol. The van der Waals surface area contributed by atoms with Crippen molar-refractivity contribution in [3.63, 3.8) is 0 Å². The smallest absolute Gasteiger partial charge is 0.224 e. The van der Waals surface area contributed by atoms with Crippen molar-refractivity contribution >= 4 is 16.8 Å². The van der Waals surface area contributed by atoms with Gasteiger partial charge in [-0.3, -0.25) is 4.79 Å². The van der Waals surface area contributed by atoms with E-state index < -0.39 is 0 Å². The summed E-state index contributed by atoms with van der Waals surface area (Å²) in [6.07, 6.45) is 5.80. The number of nitrogens with one attached hydrogen (secondary N) is 2. The summed E-state index contributed by atoms with van der Waals surface area (Å²) in [5.74, 6) is 0.107. The largest absolute Gasteiger partial charge is 0.361 e. The Bertz CT molecular complexity index is 516. The van der Waals surface area contributed by atoms with Crippen LogP contribution in [0.4, 0.5) is 0 Å². The number of para-hydroxylation sites is 1. The first-order chi connectivity index (χ1) is 8.81. The molecule has 0 fully saturated rings. The van der Waals surface area contributed by atoms with E-state index in [0.717, 1.165) is 29.4 Å². The molecular formula is C15H20N2O. The Balaban J connectivity index is 1.91. The van der Waals surface area contributed by atoms with E-state index in [2.05, 4.69) is 17.2 Å². The lowest BCUT2D eigenvalue weighted by molar-refractivity contribution is -0.120. The number of H-pyrrole nitrogens is 1. The number of hydrogen-bond acceptors (Lipinski definition) is 1. The van der Waals surface area contributed by atoms with E-state index >= 15 is 0 Å². The average molecular weight is 244 g/mol. The molecule has 3 nitrogen and oxygen atoms in total. The van der Waals surface area contributed by atoms with Crippen LogP contribution in [0.5, 0.6) is 0 Å². The van der Waals surface area contributed by atoms with Crippen molar-refractivity contribution in [2.45, 2.75) is 32.6 Å². The number of fused-ring (bicyclic) bond motifs is 1. The molecule has 1 aromatic carbocycles. The van der Waals surface area contributed by atoms with Crippen LogP contribution in [-0.2, 0) is 11.2 Å². The minimum Gasteiger partial charge on any atom is -0.361 e. The van der Waals surface area contributed by atoms with Crippen LogP contribution in [-0.4, -0.2) is 17.4 Å². The third-order valence-corrected chi connectivity index (χ3v) is 3.13. The highest BCUT2D eigenvalue weighted by molar-refractivity contribution is 5.88. The zero-order valence-corrected chi connectivity index (χ0v) is 10.8. The lowest BCUT2D eigenvalue weighted by Crippen LogP contribution is -2.25. The van der Waals surface area contributed by atoms with E-state index in [1.165, 1.54) is 12.8 Å². The van der Waals surface area contributed by atoms with Gasteiger partial charge in [-0.2, -0.15) is 0 Å². The van der Waals surface area contributed by atoms with E-state index in [9.17, 15) is 4.79 Å². The first-order valence-corrected chi connectivity index (χ1v) is 6.63. The summed E-state index contributed by atoms with van der Waals surface area (Å²) in [5, 5.41) is 4.11. The molecule has 0 unspecified atom stereocenters. The molecule has 96 valence electrons. The van der Waals surface area contributed by atoms with Crippen LogP contribution in [0, 0.1) is 0 Å². The van der Waals surface area contributed by atoms with Crippen molar-refractivity contribution in [1.29, 1.82) is 0 Å². The summed E-state index contributed by atoms with van der Waals surface area (Å²) in [5.41, 5.74) is 2.16. The second kappa shape index (κ2) is 6.24. The Morgan fingerprint density at radius 3 is 2.94 bits per heavy atom. The van der Waals surface area contributed by atoms with Crippen molar-refractivity contribution < 1.29 is 4.79 Å². The topological polar surface area (TPSA) is 44.9 Å². The normalized spacial score (nSPS) is 10.7. The molecule has 1 amide bonds. The van der Waals surface area contributed by atoms with Gasteiger partial charge >= 0.3 is 0 Å². The van der Waals surface area contributed by atoms with E-state index in [1.807, 2.05) is 30.5 Å². The predicted molar refractivity (Wildman–Crippen MR) is 74.5 cm³/mol. The molecule has 0 saturated carbocycles. The first kappa shape index (κ1) is 12.7. The molecule has 0 saturated heterocycles. The van der Waals surface area contributed by atoms with Crippen LogP contribution in [0.1, 0.15) is 31.7 Å². The maximum atomic E-state index is 11.8. The molecule has 0 aliphatic heterocycles.